The van der Waals surface area contributed by atoms with E-state index < -0.39 is 6.04 Å². The lowest BCUT2D eigenvalue weighted by Gasteiger charge is -2.29. The molecule has 1 heterocycles. The zero-order valence-electron chi connectivity index (χ0n) is 16.9. The van der Waals surface area contributed by atoms with Crippen LogP contribution in [0.3, 0.4) is 0 Å². The van der Waals surface area contributed by atoms with E-state index in [1.165, 1.54) is 0 Å². The zero-order chi connectivity index (χ0) is 21.5. The lowest BCUT2D eigenvalue weighted by molar-refractivity contribution is -0.140. The van der Waals surface area contributed by atoms with Gasteiger partial charge in [0.15, 0.2) is 0 Å². The van der Waals surface area contributed by atoms with Gasteiger partial charge in [0.25, 0.3) is 0 Å². The van der Waals surface area contributed by atoms with E-state index in [2.05, 4.69) is 5.32 Å². The van der Waals surface area contributed by atoms with Gasteiger partial charge in [-0.05, 0) is 55.2 Å². The summed E-state index contributed by atoms with van der Waals surface area (Å²) in [5.41, 5.74) is 1.75. The van der Waals surface area contributed by atoms with Crippen molar-refractivity contribution in [2.75, 3.05) is 13.2 Å². The zero-order valence-corrected chi connectivity index (χ0v) is 18.5. The number of ether oxygens (including phenoxy) is 1. The fourth-order valence-corrected chi connectivity index (χ4v) is 3.67. The largest absolute Gasteiger partial charge is 0.376 e. The van der Waals surface area contributed by atoms with Gasteiger partial charge in [-0.25, -0.2) is 0 Å². The lowest BCUT2D eigenvalue weighted by Crippen LogP contribution is -2.49. The molecule has 2 atom stereocenters. The summed E-state index contributed by atoms with van der Waals surface area (Å²) >= 11 is 11.9. The third-order valence-corrected chi connectivity index (χ3v) is 5.73. The van der Waals surface area contributed by atoms with Gasteiger partial charge in [-0.2, -0.15) is 0 Å². The summed E-state index contributed by atoms with van der Waals surface area (Å²) in [5, 5.41) is 4.17. The Morgan fingerprint density at radius 3 is 2.23 bits per heavy atom. The van der Waals surface area contributed by atoms with E-state index in [9.17, 15) is 9.59 Å². The van der Waals surface area contributed by atoms with Crippen LogP contribution in [0.25, 0.3) is 0 Å². The maximum atomic E-state index is 13.1. The van der Waals surface area contributed by atoms with Gasteiger partial charge in [-0.15, -0.1) is 0 Å². The van der Waals surface area contributed by atoms with Gasteiger partial charge in [0, 0.05) is 29.7 Å². The number of nitrogens with one attached hydrogen (secondary N) is 1. The topological polar surface area (TPSA) is 58.6 Å². The Morgan fingerprint density at radius 1 is 1.07 bits per heavy atom. The minimum absolute atomic E-state index is 0.0515. The minimum Gasteiger partial charge on any atom is -0.376 e. The van der Waals surface area contributed by atoms with Crippen molar-refractivity contribution in [3.8, 4) is 0 Å². The highest BCUT2D eigenvalue weighted by Crippen LogP contribution is 2.17. The maximum absolute atomic E-state index is 13.1. The number of amides is 2. The summed E-state index contributed by atoms with van der Waals surface area (Å²) in [6.45, 7) is 3.26. The predicted octanol–water partition coefficient (Wildman–Crippen LogP) is 4.25. The summed E-state index contributed by atoms with van der Waals surface area (Å²) in [7, 11) is 0. The third kappa shape index (κ3) is 6.46. The van der Waals surface area contributed by atoms with Gasteiger partial charge in [0.05, 0.1) is 12.5 Å². The van der Waals surface area contributed by atoms with E-state index >= 15 is 0 Å². The molecule has 0 bridgehead atoms. The van der Waals surface area contributed by atoms with Crippen LogP contribution in [0, 0.1) is 0 Å². The molecule has 0 spiro atoms. The molecule has 2 aromatic rings. The summed E-state index contributed by atoms with van der Waals surface area (Å²) in [6, 6.07) is 13.8. The first-order valence-electron chi connectivity index (χ1n) is 10.1. The van der Waals surface area contributed by atoms with Gasteiger partial charge in [-0.1, -0.05) is 47.5 Å². The Morgan fingerprint density at radius 2 is 1.67 bits per heavy atom. The molecule has 1 N–H and O–H groups in total. The van der Waals surface area contributed by atoms with Crippen molar-refractivity contribution in [3.63, 3.8) is 0 Å². The van der Waals surface area contributed by atoms with Gasteiger partial charge in [0.2, 0.25) is 11.8 Å². The molecule has 160 valence electrons. The highest BCUT2D eigenvalue weighted by molar-refractivity contribution is 6.30. The van der Waals surface area contributed by atoms with Crippen LogP contribution in [-0.4, -0.2) is 42.0 Å². The number of hydrogen-bond acceptors (Lipinski definition) is 3. The lowest BCUT2D eigenvalue weighted by atomic mass is 10.1. The SMILES string of the molecule is C[C@@H](C(=O)NC[C@H]1CCCO1)N(Cc1ccc(Cl)cc1)C(=O)Cc1ccc(Cl)cc1. The summed E-state index contributed by atoms with van der Waals surface area (Å²) in [4.78, 5) is 27.5. The Balaban J connectivity index is 1.71. The molecular weight excluding hydrogens is 423 g/mol. The van der Waals surface area contributed by atoms with Crippen LogP contribution in [0.5, 0.6) is 0 Å². The first-order chi connectivity index (χ1) is 14.4. The van der Waals surface area contributed by atoms with Gasteiger partial charge >= 0.3 is 0 Å². The van der Waals surface area contributed by atoms with Crippen molar-refractivity contribution in [1.82, 2.24) is 10.2 Å². The van der Waals surface area contributed by atoms with Crippen LogP contribution < -0.4 is 5.32 Å². The van der Waals surface area contributed by atoms with Crippen LogP contribution in [0.1, 0.15) is 30.9 Å². The van der Waals surface area contributed by atoms with Crippen molar-refractivity contribution >= 4 is 35.0 Å². The second-order valence-electron chi connectivity index (χ2n) is 7.51. The third-order valence-electron chi connectivity index (χ3n) is 5.23. The first-order valence-corrected chi connectivity index (χ1v) is 10.9. The van der Waals surface area contributed by atoms with E-state index in [0.29, 0.717) is 23.1 Å². The Hall–Kier alpha value is -2.08. The average molecular weight is 449 g/mol. The molecule has 1 aliphatic heterocycles. The molecule has 0 aromatic heterocycles. The number of carbonyl (C=O) groups excluding carboxylic acids is 2. The second-order valence-corrected chi connectivity index (χ2v) is 8.38. The normalized spacial score (nSPS) is 16.8. The number of benzene rings is 2. The second kappa shape index (κ2) is 10.8. The monoisotopic (exact) mass is 448 g/mol. The van der Waals surface area contributed by atoms with Crippen LogP contribution in [-0.2, 0) is 27.3 Å². The average Bonchev–Trinajstić information content (AvgIpc) is 3.26. The maximum Gasteiger partial charge on any atom is 0.242 e. The van der Waals surface area contributed by atoms with E-state index in [1.807, 2.05) is 24.3 Å². The van der Waals surface area contributed by atoms with Crippen molar-refractivity contribution in [3.05, 3.63) is 69.7 Å². The standard InChI is InChI=1S/C23H26Cl2N2O3/c1-16(23(29)26-14-21-3-2-12-30-21)27(15-18-6-10-20(25)11-7-18)22(28)13-17-4-8-19(24)9-5-17/h4-11,16,21H,2-3,12-15H2,1H3,(H,26,29)/t16-,21+/m0/s1. The molecule has 0 radical (unpaired) electrons. The fraction of sp³-hybridized carbons (Fsp3) is 0.391. The van der Waals surface area contributed by atoms with Crippen LogP contribution in [0.2, 0.25) is 10.0 Å². The quantitative estimate of drug-likeness (QED) is 0.656. The molecule has 1 fully saturated rings. The van der Waals surface area contributed by atoms with Crippen molar-refractivity contribution < 1.29 is 14.3 Å². The van der Waals surface area contributed by atoms with Gasteiger partial charge < -0.3 is 15.0 Å². The molecule has 7 heteroatoms. The molecular formula is C23H26Cl2N2O3. The molecule has 0 unspecified atom stereocenters. The van der Waals surface area contributed by atoms with Crippen molar-refractivity contribution in [2.45, 2.75) is 44.9 Å². The van der Waals surface area contributed by atoms with E-state index in [0.717, 1.165) is 30.6 Å². The van der Waals surface area contributed by atoms with Crippen LogP contribution >= 0.6 is 23.2 Å². The number of nitrogens with zero attached hydrogens (tertiary/aromatic N) is 1. The number of hydrogen-bond donors (Lipinski definition) is 1. The predicted molar refractivity (Wildman–Crippen MR) is 119 cm³/mol. The fourth-order valence-electron chi connectivity index (χ4n) is 3.42. The highest BCUT2D eigenvalue weighted by Gasteiger charge is 2.27. The molecule has 5 nitrogen and oxygen atoms in total. The summed E-state index contributed by atoms with van der Waals surface area (Å²) < 4.78 is 5.57. The highest BCUT2D eigenvalue weighted by atomic mass is 35.5. The van der Waals surface area contributed by atoms with E-state index in [-0.39, 0.29) is 24.3 Å². The summed E-state index contributed by atoms with van der Waals surface area (Å²) in [6.07, 6.45) is 2.20. The molecule has 1 aliphatic rings. The Bertz CT molecular complexity index is 850. The molecule has 0 saturated carbocycles. The number of halogens is 2. The minimum atomic E-state index is -0.623. The number of rotatable bonds is 8. The smallest absolute Gasteiger partial charge is 0.242 e. The van der Waals surface area contributed by atoms with E-state index in [1.54, 1.807) is 36.1 Å². The van der Waals surface area contributed by atoms with Gasteiger partial charge in [-0.3, -0.25) is 9.59 Å². The molecule has 0 aliphatic carbocycles. The molecule has 3 rings (SSSR count). The Kier molecular flexibility index (Phi) is 8.14. The summed E-state index contributed by atoms with van der Waals surface area (Å²) in [5.74, 6) is -0.323. The van der Waals surface area contributed by atoms with Crippen molar-refractivity contribution in [2.24, 2.45) is 0 Å². The molecule has 30 heavy (non-hydrogen) atoms. The molecule has 2 aromatic carbocycles. The number of carbonyl (C=O) groups is 2. The first kappa shape index (κ1) is 22.6. The Labute approximate surface area is 187 Å². The van der Waals surface area contributed by atoms with Crippen LogP contribution in [0.15, 0.2) is 48.5 Å². The van der Waals surface area contributed by atoms with E-state index in [4.69, 9.17) is 27.9 Å². The molecule has 2 amide bonds. The van der Waals surface area contributed by atoms with Crippen molar-refractivity contribution in [1.29, 1.82) is 0 Å². The molecule has 1 saturated heterocycles. The van der Waals surface area contributed by atoms with Gasteiger partial charge in [0.1, 0.15) is 6.04 Å². The van der Waals surface area contributed by atoms with Crippen LogP contribution in [0.4, 0.5) is 0 Å².